The highest BCUT2D eigenvalue weighted by atomic mass is 32.2. The van der Waals surface area contributed by atoms with Crippen molar-refractivity contribution >= 4 is 54.3 Å². The molecule has 0 amide bonds. The largest absolute Gasteiger partial charge is 0.346 e. The van der Waals surface area contributed by atoms with Gasteiger partial charge in [0.15, 0.2) is 0 Å². The SMILES string of the molecule is CCN(CC)CCn1ccc2cc(NS(=O)(=O)c3ccc4c(NS(=O)O)cccc4c3)ccc21. The van der Waals surface area contributed by atoms with Crippen molar-refractivity contribution < 1.29 is 17.2 Å². The Morgan fingerprint density at radius 1 is 1.00 bits per heavy atom. The third-order valence-corrected chi connectivity index (χ3v) is 7.71. The van der Waals surface area contributed by atoms with Gasteiger partial charge >= 0.3 is 0 Å². The van der Waals surface area contributed by atoms with Gasteiger partial charge in [0.1, 0.15) is 0 Å². The molecule has 3 N–H and O–H groups in total. The molecular weight excluding hydrogens is 472 g/mol. The maximum absolute atomic E-state index is 13.1. The fourth-order valence-electron chi connectivity index (χ4n) is 4.07. The highest BCUT2D eigenvalue weighted by Gasteiger charge is 2.16. The van der Waals surface area contributed by atoms with Gasteiger partial charge < -0.3 is 9.47 Å². The van der Waals surface area contributed by atoms with Gasteiger partial charge in [0.05, 0.1) is 10.6 Å². The second-order valence-corrected chi connectivity index (χ2v) is 10.3. The van der Waals surface area contributed by atoms with E-state index < -0.39 is 21.3 Å². The molecule has 0 aliphatic heterocycles. The summed E-state index contributed by atoms with van der Waals surface area (Å²) in [5.41, 5.74) is 1.99. The van der Waals surface area contributed by atoms with Gasteiger partial charge in [-0.1, -0.05) is 32.0 Å². The highest BCUT2D eigenvalue weighted by molar-refractivity contribution is 7.92. The first-order valence-corrected chi connectivity index (χ1v) is 13.6. The number of hydrogen-bond acceptors (Lipinski definition) is 4. The maximum Gasteiger partial charge on any atom is 0.261 e. The molecule has 4 rings (SSSR count). The van der Waals surface area contributed by atoms with E-state index >= 15 is 0 Å². The van der Waals surface area contributed by atoms with E-state index in [1.807, 2.05) is 24.4 Å². The lowest BCUT2D eigenvalue weighted by Crippen LogP contribution is -2.26. The zero-order chi connectivity index (χ0) is 24.3. The topological polar surface area (TPSA) is 104 Å². The summed E-state index contributed by atoms with van der Waals surface area (Å²) in [6, 6.07) is 17.3. The Labute approximate surface area is 202 Å². The van der Waals surface area contributed by atoms with Crippen molar-refractivity contribution in [3.63, 3.8) is 0 Å². The van der Waals surface area contributed by atoms with Crippen LogP contribution in [0.5, 0.6) is 0 Å². The molecule has 0 bridgehead atoms. The van der Waals surface area contributed by atoms with Crippen LogP contribution >= 0.6 is 0 Å². The van der Waals surface area contributed by atoms with Crippen molar-refractivity contribution in [2.24, 2.45) is 0 Å². The van der Waals surface area contributed by atoms with E-state index in [0.29, 0.717) is 22.1 Å². The average molecular weight is 501 g/mol. The maximum atomic E-state index is 13.1. The number of benzene rings is 3. The molecule has 0 aliphatic carbocycles. The Balaban J connectivity index is 1.56. The summed E-state index contributed by atoms with van der Waals surface area (Å²) >= 11 is -2.22. The van der Waals surface area contributed by atoms with Crippen LogP contribution in [0.2, 0.25) is 0 Å². The van der Waals surface area contributed by atoms with Gasteiger partial charge in [0.25, 0.3) is 21.3 Å². The van der Waals surface area contributed by atoms with Gasteiger partial charge in [0, 0.05) is 41.3 Å². The highest BCUT2D eigenvalue weighted by Crippen LogP contribution is 2.28. The van der Waals surface area contributed by atoms with Gasteiger partial charge in [-0.2, -0.15) is 0 Å². The monoisotopic (exact) mass is 500 g/mol. The van der Waals surface area contributed by atoms with E-state index in [2.05, 4.69) is 32.8 Å². The molecule has 0 fully saturated rings. The first kappa shape index (κ1) is 24.2. The third kappa shape index (κ3) is 5.25. The molecule has 34 heavy (non-hydrogen) atoms. The summed E-state index contributed by atoms with van der Waals surface area (Å²) in [6.07, 6.45) is 2.03. The number of nitrogens with zero attached hydrogens (tertiary/aromatic N) is 2. The zero-order valence-corrected chi connectivity index (χ0v) is 20.7. The first-order valence-electron chi connectivity index (χ1n) is 11.0. The smallest absolute Gasteiger partial charge is 0.261 e. The lowest BCUT2D eigenvalue weighted by atomic mass is 10.1. The van der Waals surface area contributed by atoms with Crippen LogP contribution in [-0.2, 0) is 27.8 Å². The van der Waals surface area contributed by atoms with Crippen molar-refractivity contribution in [1.82, 2.24) is 9.47 Å². The lowest BCUT2D eigenvalue weighted by molar-refractivity contribution is 0.292. The first-order chi connectivity index (χ1) is 16.3. The minimum atomic E-state index is -3.82. The Morgan fingerprint density at radius 3 is 2.53 bits per heavy atom. The van der Waals surface area contributed by atoms with E-state index in [-0.39, 0.29) is 4.90 Å². The summed E-state index contributed by atoms with van der Waals surface area (Å²) in [6.45, 7) is 8.15. The molecule has 0 aliphatic rings. The Hall–Kier alpha value is -2.92. The predicted octanol–water partition coefficient (Wildman–Crippen LogP) is 4.49. The Bertz CT molecular complexity index is 1450. The van der Waals surface area contributed by atoms with Crippen LogP contribution in [0.1, 0.15) is 13.8 Å². The molecule has 1 heterocycles. The standard InChI is InChI=1S/C24H28N4O4S2/c1-3-27(4-2)14-15-28-13-12-19-16-20(8-11-24(19)28)26-34(31,32)21-9-10-22-18(17-21)6-5-7-23(22)25-33(29)30/h5-13,16-17,25-26H,3-4,14-15H2,1-2H3,(H,29,30). The van der Waals surface area contributed by atoms with E-state index in [1.54, 1.807) is 36.4 Å². The van der Waals surface area contributed by atoms with Crippen LogP contribution in [0.15, 0.2) is 71.8 Å². The van der Waals surface area contributed by atoms with Gasteiger partial charge in [0.2, 0.25) is 0 Å². The molecule has 180 valence electrons. The zero-order valence-electron chi connectivity index (χ0n) is 19.1. The summed E-state index contributed by atoms with van der Waals surface area (Å²) in [5, 5.41) is 2.25. The molecular formula is C24H28N4O4S2. The number of fused-ring (bicyclic) bond motifs is 2. The average Bonchev–Trinajstić information content (AvgIpc) is 3.21. The number of aromatic nitrogens is 1. The summed E-state index contributed by atoms with van der Waals surface area (Å²) < 4.78 is 53.7. The molecule has 0 saturated heterocycles. The van der Waals surface area contributed by atoms with Crippen molar-refractivity contribution in [3.05, 3.63) is 66.9 Å². The third-order valence-electron chi connectivity index (χ3n) is 5.93. The molecule has 1 aromatic heterocycles. The van der Waals surface area contributed by atoms with E-state index in [4.69, 9.17) is 4.55 Å². The van der Waals surface area contributed by atoms with E-state index in [1.165, 1.54) is 6.07 Å². The minimum absolute atomic E-state index is 0.110. The second-order valence-electron chi connectivity index (χ2n) is 7.95. The van der Waals surface area contributed by atoms with Crippen molar-refractivity contribution in [2.75, 3.05) is 29.1 Å². The molecule has 3 aromatic carbocycles. The Kier molecular flexibility index (Phi) is 7.22. The quantitative estimate of drug-likeness (QED) is 0.279. The van der Waals surface area contributed by atoms with Crippen LogP contribution in [-0.4, -0.2) is 46.3 Å². The number of sulfonamides is 1. The van der Waals surface area contributed by atoms with Crippen LogP contribution in [0.3, 0.4) is 0 Å². The fraction of sp³-hybridized carbons (Fsp3) is 0.250. The van der Waals surface area contributed by atoms with Crippen molar-refractivity contribution in [3.8, 4) is 0 Å². The molecule has 4 aromatic rings. The van der Waals surface area contributed by atoms with Gasteiger partial charge in [-0.3, -0.25) is 14.0 Å². The number of nitrogens with one attached hydrogen (secondary N) is 2. The molecule has 8 nitrogen and oxygen atoms in total. The molecule has 0 saturated carbocycles. The van der Waals surface area contributed by atoms with Crippen molar-refractivity contribution in [1.29, 1.82) is 0 Å². The van der Waals surface area contributed by atoms with Gasteiger partial charge in [-0.15, -0.1) is 0 Å². The summed E-state index contributed by atoms with van der Waals surface area (Å²) in [7, 11) is -3.82. The van der Waals surface area contributed by atoms with Gasteiger partial charge in [-0.05, 0) is 60.9 Å². The van der Waals surface area contributed by atoms with Crippen LogP contribution in [0.25, 0.3) is 21.7 Å². The molecule has 1 unspecified atom stereocenters. The molecule has 10 heteroatoms. The normalized spacial score (nSPS) is 12.9. The van der Waals surface area contributed by atoms with Crippen molar-refractivity contribution in [2.45, 2.75) is 25.3 Å². The van der Waals surface area contributed by atoms with Gasteiger partial charge in [-0.25, -0.2) is 12.6 Å². The number of rotatable bonds is 10. The molecule has 0 radical (unpaired) electrons. The molecule has 0 spiro atoms. The lowest BCUT2D eigenvalue weighted by Gasteiger charge is -2.18. The fourth-order valence-corrected chi connectivity index (χ4v) is 5.52. The summed E-state index contributed by atoms with van der Waals surface area (Å²) in [5.74, 6) is 0. The Morgan fingerprint density at radius 2 is 1.79 bits per heavy atom. The van der Waals surface area contributed by atoms with Crippen LogP contribution in [0, 0.1) is 0 Å². The van der Waals surface area contributed by atoms with E-state index in [9.17, 15) is 12.6 Å². The predicted molar refractivity (Wildman–Crippen MR) is 139 cm³/mol. The minimum Gasteiger partial charge on any atom is -0.346 e. The van der Waals surface area contributed by atoms with Crippen LogP contribution in [0.4, 0.5) is 11.4 Å². The van der Waals surface area contributed by atoms with Crippen LogP contribution < -0.4 is 9.44 Å². The summed E-state index contributed by atoms with van der Waals surface area (Å²) in [4.78, 5) is 2.47. The second kappa shape index (κ2) is 10.1. The number of likely N-dealkylation sites (N-methyl/N-ethyl adjacent to an activating group) is 1. The van der Waals surface area contributed by atoms with E-state index in [0.717, 1.165) is 37.1 Å². The number of hydrogen-bond donors (Lipinski definition) is 3. The molecule has 1 atom stereocenters. The number of anilines is 2.